The molecule has 0 aromatic rings. The summed E-state index contributed by atoms with van der Waals surface area (Å²) in [6.45, 7) is 3.55. The lowest BCUT2D eigenvalue weighted by molar-refractivity contribution is -0.123. The highest BCUT2D eigenvalue weighted by Crippen LogP contribution is 2.14. The third kappa shape index (κ3) is 3.87. The molecule has 1 aliphatic heterocycles. The van der Waals surface area contributed by atoms with Crippen molar-refractivity contribution < 1.29 is 10.0 Å². The predicted octanol–water partition coefficient (Wildman–Crippen LogP) is 0.360. The van der Waals surface area contributed by atoms with Gasteiger partial charge in [-0.15, -0.1) is 0 Å². The van der Waals surface area contributed by atoms with Crippen molar-refractivity contribution in [3.63, 3.8) is 0 Å². The molecule has 4 N–H and O–H groups in total. The molecule has 2 unspecified atom stereocenters. The Bertz CT molecular complexity index is 306. The van der Waals surface area contributed by atoms with E-state index in [0.717, 1.165) is 13.0 Å². The van der Waals surface area contributed by atoms with Gasteiger partial charge in [0.15, 0.2) is 5.84 Å². The third-order valence-electron chi connectivity index (χ3n) is 3.63. The second kappa shape index (κ2) is 7.20. The molecular formula is C12H24N4O2. The van der Waals surface area contributed by atoms with E-state index >= 15 is 0 Å². The van der Waals surface area contributed by atoms with Crippen LogP contribution in [0, 0.1) is 5.92 Å². The van der Waals surface area contributed by atoms with Crippen molar-refractivity contribution in [2.75, 3.05) is 20.1 Å². The molecule has 1 saturated heterocycles. The van der Waals surface area contributed by atoms with E-state index in [9.17, 15) is 4.79 Å². The summed E-state index contributed by atoms with van der Waals surface area (Å²) in [4.78, 5) is 14.2. The van der Waals surface area contributed by atoms with Crippen LogP contribution in [0.3, 0.4) is 0 Å². The van der Waals surface area contributed by atoms with Gasteiger partial charge in [0.1, 0.15) is 0 Å². The highest BCUT2D eigenvalue weighted by molar-refractivity contribution is 6.01. The van der Waals surface area contributed by atoms with Crippen LogP contribution >= 0.6 is 0 Å². The van der Waals surface area contributed by atoms with Gasteiger partial charge in [-0.05, 0) is 32.9 Å². The highest BCUT2D eigenvalue weighted by Gasteiger charge is 2.24. The lowest BCUT2D eigenvalue weighted by Gasteiger charge is -2.32. The minimum Gasteiger partial charge on any atom is -0.409 e. The molecule has 1 rings (SSSR count). The van der Waals surface area contributed by atoms with Crippen molar-refractivity contribution in [3.8, 4) is 0 Å². The molecule has 0 radical (unpaired) electrons. The number of hydrogen-bond donors (Lipinski definition) is 3. The highest BCUT2D eigenvalue weighted by atomic mass is 16.4. The number of carbonyl (C=O) groups is 1. The van der Waals surface area contributed by atoms with E-state index in [2.05, 4.69) is 22.4 Å². The number of likely N-dealkylation sites (N-methyl/N-ethyl adjacent to an activating group) is 1. The fourth-order valence-electron chi connectivity index (χ4n) is 2.34. The second-order valence-electron chi connectivity index (χ2n) is 4.86. The van der Waals surface area contributed by atoms with Gasteiger partial charge in [0.25, 0.3) is 0 Å². The number of nitrogens with one attached hydrogen (secondary N) is 1. The maximum absolute atomic E-state index is 11.9. The molecule has 2 atom stereocenters. The van der Waals surface area contributed by atoms with Crippen LogP contribution in [0.4, 0.5) is 0 Å². The fraction of sp³-hybridized carbons (Fsp3) is 0.833. The van der Waals surface area contributed by atoms with Crippen molar-refractivity contribution in [2.45, 2.75) is 38.6 Å². The predicted molar refractivity (Wildman–Crippen MR) is 70.5 cm³/mol. The summed E-state index contributed by atoms with van der Waals surface area (Å²) in [7, 11) is 2.08. The third-order valence-corrected chi connectivity index (χ3v) is 3.63. The van der Waals surface area contributed by atoms with E-state index in [-0.39, 0.29) is 11.7 Å². The molecule has 0 saturated carbocycles. The largest absolute Gasteiger partial charge is 0.409 e. The summed E-state index contributed by atoms with van der Waals surface area (Å²) in [5.41, 5.74) is 5.49. The molecular weight excluding hydrogens is 232 g/mol. The first-order valence-corrected chi connectivity index (χ1v) is 6.55. The van der Waals surface area contributed by atoms with E-state index in [1.54, 1.807) is 0 Å². The standard InChI is InChI=1S/C12H24N4O2/c1-3-10(11(13)15-18)12(17)14-8-9-6-4-5-7-16(9)2/h9-10,18H,3-8H2,1-2H3,(H2,13,15)(H,14,17). The van der Waals surface area contributed by atoms with Gasteiger partial charge in [-0.25, -0.2) is 0 Å². The number of nitrogens with zero attached hydrogens (tertiary/aromatic N) is 2. The van der Waals surface area contributed by atoms with Crippen LogP contribution in [-0.4, -0.2) is 48.0 Å². The van der Waals surface area contributed by atoms with Crippen LogP contribution in [0.25, 0.3) is 0 Å². The zero-order valence-corrected chi connectivity index (χ0v) is 11.2. The zero-order valence-electron chi connectivity index (χ0n) is 11.2. The minimum absolute atomic E-state index is 0.0213. The summed E-state index contributed by atoms with van der Waals surface area (Å²) < 4.78 is 0. The molecule has 0 bridgehead atoms. The van der Waals surface area contributed by atoms with E-state index in [0.29, 0.717) is 19.0 Å². The number of likely N-dealkylation sites (tertiary alicyclic amines) is 1. The Morgan fingerprint density at radius 2 is 2.33 bits per heavy atom. The van der Waals surface area contributed by atoms with Gasteiger partial charge in [0.05, 0.1) is 5.92 Å². The molecule has 6 heteroatoms. The monoisotopic (exact) mass is 256 g/mol. The Kier molecular flexibility index (Phi) is 5.91. The Morgan fingerprint density at radius 1 is 1.61 bits per heavy atom. The summed E-state index contributed by atoms with van der Waals surface area (Å²) in [5.74, 6) is -0.720. The number of nitrogens with two attached hydrogens (primary N) is 1. The van der Waals surface area contributed by atoms with Crippen molar-refractivity contribution in [1.82, 2.24) is 10.2 Å². The fourth-order valence-corrected chi connectivity index (χ4v) is 2.34. The van der Waals surface area contributed by atoms with Crippen molar-refractivity contribution in [1.29, 1.82) is 0 Å². The molecule has 0 aromatic heterocycles. The molecule has 0 aromatic carbocycles. The Balaban J connectivity index is 2.44. The molecule has 0 aliphatic carbocycles. The summed E-state index contributed by atoms with van der Waals surface area (Å²) >= 11 is 0. The first-order chi connectivity index (χ1) is 8.60. The van der Waals surface area contributed by atoms with Gasteiger partial charge >= 0.3 is 0 Å². The smallest absolute Gasteiger partial charge is 0.230 e. The molecule has 104 valence electrons. The van der Waals surface area contributed by atoms with Crippen molar-refractivity contribution in [3.05, 3.63) is 0 Å². The van der Waals surface area contributed by atoms with Gasteiger partial charge in [-0.1, -0.05) is 18.5 Å². The Hall–Kier alpha value is -1.30. The molecule has 1 amide bonds. The number of hydrogen-bond acceptors (Lipinski definition) is 4. The molecule has 0 spiro atoms. The molecule has 1 fully saturated rings. The number of carbonyl (C=O) groups excluding carboxylic acids is 1. The Labute approximate surface area is 108 Å². The van der Waals surface area contributed by atoms with E-state index < -0.39 is 5.92 Å². The van der Waals surface area contributed by atoms with Crippen LogP contribution in [0.5, 0.6) is 0 Å². The first-order valence-electron chi connectivity index (χ1n) is 6.55. The van der Waals surface area contributed by atoms with Crippen molar-refractivity contribution in [2.24, 2.45) is 16.8 Å². The van der Waals surface area contributed by atoms with Crippen LogP contribution in [0.1, 0.15) is 32.6 Å². The average Bonchev–Trinajstić information content (AvgIpc) is 2.38. The van der Waals surface area contributed by atoms with Gasteiger partial charge < -0.3 is 21.2 Å². The van der Waals surface area contributed by atoms with Crippen LogP contribution in [-0.2, 0) is 4.79 Å². The van der Waals surface area contributed by atoms with Gasteiger partial charge in [-0.2, -0.15) is 0 Å². The molecule has 1 aliphatic rings. The van der Waals surface area contributed by atoms with E-state index in [1.807, 2.05) is 6.92 Å². The maximum atomic E-state index is 11.9. The van der Waals surface area contributed by atoms with Crippen LogP contribution in [0.15, 0.2) is 5.16 Å². The Morgan fingerprint density at radius 3 is 2.89 bits per heavy atom. The first kappa shape index (κ1) is 14.8. The molecule has 1 heterocycles. The van der Waals surface area contributed by atoms with Gasteiger partial charge in [0.2, 0.25) is 5.91 Å². The average molecular weight is 256 g/mol. The number of oxime groups is 1. The zero-order chi connectivity index (χ0) is 13.5. The number of amidine groups is 1. The van der Waals surface area contributed by atoms with Gasteiger partial charge in [0, 0.05) is 12.6 Å². The summed E-state index contributed by atoms with van der Waals surface area (Å²) in [5, 5.41) is 14.4. The van der Waals surface area contributed by atoms with Crippen LogP contribution in [0.2, 0.25) is 0 Å². The van der Waals surface area contributed by atoms with Crippen molar-refractivity contribution >= 4 is 11.7 Å². The van der Waals surface area contributed by atoms with E-state index in [1.165, 1.54) is 12.8 Å². The number of rotatable bonds is 5. The van der Waals surface area contributed by atoms with Gasteiger partial charge in [-0.3, -0.25) is 4.79 Å². The molecule has 18 heavy (non-hydrogen) atoms. The number of amides is 1. The molecule has 6 nitrogen and oxygen atoms in total. The lowest BCUT2D eigenvalue weighted by atomic mass is 10.0. The number of piperidine rings is 1. The van der Waals surface area contributed by atoms with E-state index in [4.69, 9.17) is 10.9 Å². The van der Waals surface area contributed by atoms with Crippen LogP contribution < -0.4 is 11.1 Å². The minimum atomic E-state index is -0.538. The summed E-state index contributed by atoms with van der Waals surface area (Å²) in [6, 6.07) is 0.396. The normalized spacial score (nSPS) is 23.7. The quantitative estimate of drug-likeness (QED) is 0.287. The SMILES string of the molecule is CCC(C(=O)NCC1CCCCN1C)C(N)=NO. The second-order valence-corrected chi connectivity index (χ2v) is 4.86. The topological polar surface area (TPSA) is 91.0 Å². The summed E-state index contributed by atoms with van der Waals surface area (Å²) in [6.07, 6.45) is 4.07. The maximum Gasteiger partial charge on any atom is 0.230 e. The lowest BCUT2D eigenvalue weighted by Crippen LogP contribution is -2.47.